The second kappa shape index (κ2) is 7.75. The van der Waals surface area contributed by atoms with E-state index in [1.54, 1.807) is 25.1 Å². The molecule has 0 saturated carbocycles. The molecule has 2 amide bonds. The Hall–Kier alpha value is -2.93. The van der Waals surface area contributed by atoms with Crippen molar-refractivity contribution in [3.8, 4) is 5.75 Å². The summed E-state index contributed by atoms with van der Waals surface area (Å²) in [7, 11) is 1.63. The van der Waals surface area contributed by atoms with Gasteiger partial charge in [-0.2, -0.15) is 0 Å². The predicted molar refractivity (Wildman–Crippen MR) is 99.5 cm³/mol. The van der Waals surface area contributed by atoms with Crippen LogP contribution in [0.1, 0.15) is 28.4 Å². The fourth-order valence-corrected chi connectivity index (χ4v) is 3.09. The number of ether oxygens (including phenoxy) is 2. The van der Waals surface area contributed by atoms with E-state index in [1.165, 1.54) is 6.20 Å². The first-order valence-corrected chi connectivity index (χ1v) is 8.71. The first-order valence-electron chi connectivity index (χ1n) is 8.71. The van der Waals surface area contributed by atoms with Crippen LogP contribution in [0.5, 0.6) is 5.75 Å². The van der Waals surface area contributed by atoms with Gasteiger partial charge in [-0.3, -0.25) is 14.6 Å². The number of pyridine rings is 1. The van der Waals surface area contributed by atoms with Gasteiger partial charge in [0.25, 0.3) is 11.8 Å². The molecule has 1 aromatic carbocycles. The van der Waals surface area contributed by atoms with Crippen LogP contribution in [0.2, 0.25) is 0 Å². The van der Waals surface area contributed by atoms with Crippen LogP contribution in [-0.4, -0.2) is 54.1 Å². The van der Waals surface area contributed by atoms with Gasteiger partial charge in [-0.05, 0) is 42.7 Å². The van der Waals surface area contributed by atoms with Gasteiger partial charge in [0, 0.05) is 18.9 Å². The van der Waals surface area contributed by atoms with Crippen LogP contribution in [0.4, 0.5) is 0 Å². The number of carbonyl (C=O) groups is 2. The summed E-state index contributed by atoms with van der Waals surface area (Å²) in [4.78, 5) is 30.3. The van der Waals surface area contributed by atoms with Crippen LogP contribution < -0.4 is 10.5 Å². The maximum Gasteiger partial charge on any atom is 0.255 e. The smallest absolute Gasteiger partial charge is 0.255 e. The summed E-state index contributed by atoms with van der Waals surface area (Å²) >= 11 is 0. The summed E-state index contributed by atoms with van der Waals surface area (Å²) in [6.45, 7) is 2.40. The van der Waals surface area contributed by atoms with Gasteiger partial charge in [0.2, 0.25) is 0 Å². The molecule has 0 radical (unpaired) electrons. The molecule has 0 spiro atoms. The Kier molecular flexibility index (Phi) is 5.41. The van der Waals surface area contributed by atoms with Crippen molar-refractivity contribution in [2.24, 2.45) is 5.73 Å². The van der Waals surface area contributed by atoms with Gasteiger partial charge in [0.05, 0.1) is 25.8 Å². The van der Waals surface area contributed by atoms with Crippen molar-refractivity contribution in [3.63, 3.8) is 0 Å². The summed E-state index contributed by atoms with van der Waals surface area (Å²) in [5.74, 6) is 0.0161. The average molecular weight is 369 g/mol. The molecule has 3 rings (SSSR count). The molecule has 1 aliphatic rings. The molecule has 1 aromatic heterocycles. The zero-order valence-electron chi connectivity index (χ0n) is 15.5. The first kappa shape index (κ1) is 18.8. The SMILES string of the molecule is COc1cccc(Cc2cncc(C(=O)N3CCOC(C)(C(N)=O)C3)c2)c1. The lowest BCUT2D eigenvalue weighted by Gasteiger charge is -2.38. The second-order valence-corrected chi connectivity index (χ2v) is 6.78. The third kappa shape index (κ3) is 4.25. The third-order valence-corrected chi connectivity index (χ3v) is 4.67. The minimum atomic E-state index is -1.17. The van der Waals surface area contributed by atoms with Gasteiger partial charge >= 0.3 is 0 Å². The minimum Gasteiger partial charge on any atom is -0.497 e. The largest absolute Gasteiger partial charge is 0.497 e. The quantitative estimate of drug-likeness (QED) is 0.860. The van der Waals surface area contributed by atoms with Crippen molar-refractivity contribution in [1.82, 2.24) is 9.88 Å². The van der Waals surface area contributed by atoms with Crippen LogP contribution in [0.3, 0.4) is 0 Å². The number of primary amides is 1. The van der Waals surface area contributed by atoms with E-state index in [1.807, 2.05) is 30.3 Å². The molecular formula is C20H23N3O4. The average Bonchev–Trinajstić information content (AvgIpc) is 2.67. The molecule has 7 nitrogen and oxygen atoms in total. The highest BCUT2D eigenvalue weighted by Gasteiger charge is 2.39. The van der Waals surface area contributed by atoms with Gasteiger partial charge in [-0.1, -0.05) is 12.1 Å². The van der Waals surface area contributed by atoms with Crippen molar-refractivity contribution in [1.29, 1.82) is 0 Å². The molecule has 2 aromatic rings. The van der Waals surface area contributed by atoms with Crippen molar-refractivity contribution < 1.29 is 19.1 Å². The van der Waals surface area contributed by atoms with E-state index in [9.17, 15) is 9.59 Å². The molecule has 0 bridgehead atoms. The Morgan fingerprint density at radius 2 is 2.11 bits per heavy atom. The highest BCUT2D eigenvalue weighted by atomic mass is 16.5. The number of aromatic nitrogens is 1. The summed E-state index contributed by atoms with van der Waals surface area (Å²) in [6.07, 6.45) is 3.91. The molecule has 27 heavy (non-hydrogen) atoms. The fraction of sp³-hybridized carbons (Fsp3) is 0.350. The van der Waals surface area contributed by atoms with Crippen LogP contribution in [-0.2, 0) is 16.0 Å². The molecule has 1 saturated heterocycles. The topological polar surface area (TPSA) is 94.8 Å². The molecule has 2 N–H and O–H groups in total. The Labute approximate surface area is 158 Å². The number of nitrogens with two attached hydrogens (primary N) is 1. The van der Waals surface area contributed by atoms with Crippen molar-refractivity contribution in [3.05, 3.63) is 59.4 Å². The van der Waals surface area contributed by atoms with Crippen LogP contribution in [0.15, 0.2) is 42.7 Å². The summed E-state index contributed by atoms with van der Waals surface area (Å²) < 4.78 is 10.7. The molecule has 1 unspecified atom stereocenters. The molecule has 1 fully saturated rings. The van der Waals surface area contributed by atoms with E-state index < -0.39 is 11.5 Å². The van der Waals surface area contributed by atoms with E-state index in [-0.39, 0.29) is 19.1 Å². The Bertz CT molecular complexity index is 855. The Morgan fingerprint density at radius 3 is 2.85 bits per heavy atom. The molecule has 1 atom stereocenters. The van der Waals surface area contributed by atoms with E-state index >= 15 is 0 Å². The fourth-order valence-electron chi connectivity index (χ4n) is 3.09. The number of methoxy groups -OCH3 is 1. The summed E-state index contributed by atoms with van der Waals surface area (Å²) in [5.41, 5.74) is 6.70. The highest BCUT2D eigenvalue weighted by molar-refractivity contribution is 5.95. The highest BCUT2D eigenvalue weighted by Crippen LogP contribution is 2.20. The molecule has 0 aliphatic carbocycles. The molecule has 1 aliphatic heterocycles. The first-order chi connectivity index (χ1) is 12.9. The lowest BCUT2D eigenvalue weighted by atomic mass is 10.0. The number of hydrogen-bond donors (Lipinski definition) is 1. The van der Waals surface area contributed by atoms with Gasteiger partial charge in [0.1, 0.15) is 5.75 Å². The zero-order chi connectivity index (χ0) is 19.4. The lowest BCUT2D eigenvalue weighted by Crippen LogP contribution is -2.58. The minimum absolute atomic E-state index is 0.126. The second-order valence-electron chi connectivity index (χ2n) is 6.78. The van der Waals surface area contributed by atoms with Gasteiger partial charge in [0.15, 0.2) is 5.60 Å². The third-order valence-electron chi connectivity index (χ3n) is 4.67. The number of carbonyl (C=O) groups excluding carboxylic acids is 2. The lowest BCUT2D eigenvalue weighted by molar-refractivity contribution is -0.150. The maximum absolute atomic E-state index is 12.9. The standard InChI is InChI=1S/C20H23N3O4/c1-20(19(21)25)13-23(6-7-27-20)18(24)16-9-15(11-22-12-16)8-14-4-3-5-17(10-14)26-2/h3-5,9-12H,6-8,13H2,1-2H3,(H2,21,25). The van der Waals surface area contributed by atoms with Crippen LogP contribution >= 0.6 is 0 Å². The number of hydrogen-bond acceptors (Lipinski definition) is 5. The number of morpholine rings is 1. The van der Waals surface area contributed by atoms with Gasteiger partial charge < -0.3 is 20.1 Å². The summed E-state index contributed by atoms with van der Waals surface area (Å²) in [6, 6.07) is 9.59. The number of benzene rings is 1. The maximum atomic E-state index is 12.9. The van der Waals surface area contributed by atoms with Crippen LogP contribution in [0, 0.1) is 0 Å². The van der Waals surface area contributed by atoms with E-state index in [0.717, 1.165) is 16.9 Å². The Balaban J connectivity index is 1.76. The summed E-state index contributed by atoms with van der Waals surface area (Å²) in [5, 5.41) is 0. The molecule has 7 heteroatoms. The number of rotatable bonds is 5. The van der Waals surface area contributed by atoms with Crippen molar-refractivity contribution in [2.45, 2.75) is 18.9 Å². The van der Waals surface area contributed by atoms with Gasteiger partial charge in [-0.25, -0.2) is 0 Å². The zero-order valence-corrected chi connectivity index (χ0v) is 15.5. The van der Waals surface area contributed by atoms with Gasteiger partial charge in [-0.15, -0.1) is 0 Å². The van der Waals surface area contributed by atoms with Crippen molar-refractivity contribution >= 4 is 11.8 Å². The molecule has 2 heterocycles. The predicted octanol–water partition coefficient (Wildman–Crippen LogP) is 1.40. The van der Waals surface area contributed by atoms with E-state index in [0.29, 0.717) is 18.5 Å². The number of nitrogens with zero attached hydrogens (tertiary/aromatic N) is 2. The normalized spacial score (nSPS) is 19.6. The monoisotopic (exact) mass is 369 g/mol. The van der Waals surface area contributed by atoms with Crippen LogP contribution in [0.25, 0.3) is 0 Å². The van der Waals surface area contributed by atoms with Crippen molar-refractivity contribution in [2.75, 3.05) is 26.8 Å². The van der Waals surface area contributed by atoms with E-state index in [2.05, 4.69) is 4.98 Å². The molecular weight excluding hydrogens is 346 g/mol. The Morgan fingerprint density at radius 1 is 1.30 bits per heavy atom. The molecule has 142 valence electrons. The number of amides is 2. The van der Waals surface area contributed by atoms with E-state index in [4.69, 9.17) is 15.2 Å².